The Balaban J connectivity index is 1.17. The summed E-state index contributed by atoms with van der Waals surface area (Å²) < 4.78 is 68.7. The summed E-state index contributed by atoms with van der Waals surface area (Å²) in [7, 11) is 0. The Morgan fingerprint density at radius 2 is 0.270 bits per heavy atom. The zero-order valence-corrected chi connectivity index (χ0v) is 80.5. The van der Waals surface area contributed by atoms with Crippen LogP contribution in [0.4, 0.5) is 0 Å². The average molecular weight is 1710 g/mol. The van der Waals surface area contributed by atoms with Gasteiger partial charge in [0.15, 0.2) is 0 Å². The number of carbonyl (C=O) groups excluding carboxylic acids is 10. The molecule has 122 heavy (non-hydrogen) atoms. The van der Waals surface area contributed by atoms with Crippen LogP contribution in [0.5, 0.6) is 0 Å². The van der Waals surface area contributed by atoms with Gasteiger partial charge in [-0.2, -0.15) is 0 Å². The lowest BCUT2D eigenvalue weighted by Gasteiger charge is -2.49. The Labute approximate surface area is 734 Å². The topological polar surface area (TPSA) is 263 Å². The molecule has 0 bridgehead atoms. The van der Waals surface area contributed by atoms with Gasteiger partial charge in [-0.25, -0.2) is 0 Å². The lowest BCUT2D eigenvalue weighted by Crippen LogP contribution is -2.54. The van der Waals surface area contributed by atoms with Crippen molar-refractivity contribution in [1.29, 1.82) is 0 Å². The summed E-state index contributed by atoms with van der Waals surface area (Å²) in [4.78, 5) is 164. The van der Waals surface area contributed by atoms with Crippen LogP contribution in [0.2, 0.25) is 0 Å². The molecular formula is C102H166O20. The van der Waals surface area contributed by atoms with Crippen LogP contribution >= 0.6 is 0 Å². The molecule has 0 spiro atoms. The molecule has 10 saturated carbocycles. The third-order valence-corrected chi connectivity index (χ3v) is 32.8. The van der Waals surface area contributed by atoms with Crippen molar-refractivity contribution >= 4 is 59.7 Å². The van der Waals surface area contributed by atoms with Crippen molar-refractivity contribution in [1.82, 2.24) is 0 Å². The Morgan fingerprint density at radius 1 is 0.172 bits per heavy atom. The monoisotopic (exact) mass is 1710 g/mol. The molecule has 0 aromatic heterocycles. The smallest absolute Gasteiger partial charge is 0.312 e. The van der Waals surface area contributed by atoms with Crippen molar-refractivity contribution in [2.75, 3.05) is 0 Å². The molecule has 0 aromatic rings. The van der Waals surface area contributed by atoms with E-state index in [2.05, 4.69) is 0 Å². The number of ether oxygens (including phenoxy) is 10. The zero-order valence-electron chi connectivity index (χ0n) is 80.5. The van der Waals surface area contributed by atoms with Crippen molar-refractivity contribution < 1.29 is 95.3 Å². The maximum absolute atomic E-state index is 17.1. The van der Waals surface area contributed by atoms with Crippen molar-refractivity contribution in [3.8, 4) is 0 Å². The normalized spacial score (nSPS) is 27.0. The van der Waals surface area contributed by atoms with Gasteiger partial charge >= 0.3 is 59.7 Å². The first-order valence-corrected chi connectivity index (χ1v) is 48.6. The number of carbonyl (C=O) groups is 10. The highest BCUT2D eigenvalue weighted by Crippen LogP contribution is 2.61. The van der Waals surface area contributed by atoms with Crippen molar-refractivity contribution in [3.63, 3.8) is 0 Å². The quantitative estimate of drug-likeness (QED) is 0.0409. The van der Waals surface area contributed by atoms with Crippen LogP contribution in [-0.2, 0) is 95.3 Å². The van der Waals surface area contributed by atoms with E-state index in [4.69, 9.17) is 47.4 Å². The van der Waals surface area contributed by atoms with Gasteiger partial charge in [-0.1, -0.05) is 6.92 Å². The fraction of sp³-hybridized carbons (Fsp3) is 0.902. The summed E-state index contributed by atoms with van der Waals surface area (Å²) in [5.74, 6) is -6.40. The van der Waals surface area contributed by atoms with Crippen LogP contribution in [-0.4, -0.2) is 116 Å². The Bertz CT molecular complexity index is 3750. The lowest BCUT2D eigenvalue weighted by atomic mass is 9.56. The van der Waals surface area contributed by atoms with Gasteiger partial charge in [-0.05, 0) is 466 Å². The molecule has 0 heterocycles. The van der Waals surface area contributed by atoms with Crippen LogP contribution in [0.15, 0.2) is 0 Å². The van der Waals surface area contributed by atoms with E-state index in [0.717, 1.165) is 128 Å². The fourth-order valence-electron chi connectivity index (χ4n) is 25.7. The van der Waals surface area contributed by atoms with E-state index in [-0.39, 0.29) is 44.9 Å². The third-order valence-electron chi connectivity index (χ3n) is 32.8. The predicted octanol–water partition coefficient (Wildman–Crippen LogP) is 23.7. The van der Waals surface area contributed by atoms with Gasteiger partial charge in [0, 0.05) is 0 Å². The van der Waals surface area contributed by atoms with E-state index in [1.54, 1.807) is 69.2 Å². The molecule has 10 rings (SSSR count). The Morgan fingerprint density at radius 3 is 0.393 bits per heavy atom. The second-order valence-corrected chi connectivity index (χ2v) is 48.3. The van der Waals surface area contributed by atoms with Crippen LogP contribution < -0.4 is 0 Å². The molecule has 20 nitrogen and oxygen atoms in total. The first-order chi connectivity index (χ1) is 56.3. The van der Waals surface area contributed by atoms with Gasteiger partial charge in [0.1, 0.15) is 56.0 Å². The van der Waals surface area contributed by atoms with Gasteiger partial charge in [-0.3, -0.25) is 47.9 Å². The predicted molar refractivity (Wildman–Crippen MR) is 468 cm³/mol. The van der Waals surface area contributed by atoms with E-state index in [9.17, 15) is 0 Å². The molecule has 9 unspecified atom stereocenters. The molecule has 0 aromatic carbocycles. The fourth-order valence-corrected chi connectivity index (χ4v) is 25.7. The minimum Gasteiger partial charge on any atom is -0.459 e. The summed E-state index contributed by atoms with van der Waals surface area (Å²) in [5.41, 5.74) is -26.5. The van der Waals surface area contributed by atoms with E-state index < -0.39 is 189 Å². The van der Waals surface area contributed by atoms with Crippen molar-refractivity contribution in [3.05, 3.63) is 0 Å². The molecule has 0 N–H and O–H groups in total. The Hall–Kier alpha value is -5.30. The maximum atomic E-state index is 17.1. The largest absolute Gasteiger partial charge is 0.459 e. The molecule has 0 radical (unpaired) electrons. The Kier molecular flexibility index (Phi) is 29.4. The molecule has 10 fully saturated rings. The van der Waals surface area contributed by atoms with Gasteiger partial charge < -0.3 is 47.4 Å². The summed E-state index contributed by atoms with van der Waals surface area (Å²) in [6.45, 7) is 40.6. The summed E-state index contributed by atoms with van der Waals surface area (Å²) in [5, 5.41) is 0. The lowest BCUT2D eigenvalue weighted by molar-refractivity contribution is -0.190. The molecule has 20 heteroatoms. The second-order valence-electron chi connectivity index (χ2n) is 48.3. The summed E-state index contributed by atoms with van der Waals surface area (Å²) >= 11 is 0. The van der Waals surface area contributed by atoms with Crippen molar-refractivity contribution in [2.45, 2.75) is 529 Å². The third kappa shape index (κ3) is 23.4. The van der Waals surface area contributed by atoms with Crippen LogP contribution in [0.3, 0.4) is 0 Å². The second kappa shape index (κ2) is 36.3. The highest BCUT2D eigenvalue weighted by Gasteiger charge is 2.65. The van der Waals surface area contributed by atoms with Crippen LogP contribution in [0.1, 0.15) is 473 Å². The molecule has 0 aliphatic heterocycles. The van der Waals surface area contributed by atoms with Crippen LogP contribution in [0.25, 0.3) is 0 Å². The molecule has 694 valence electrons. The molecule has 10 aliphatic carbocycles. The highest BCUT2D eigenvalue weighted by atomic mass is 16.6. The van der Waals surface area contributed by atoms with Gasteiger partial charge in [0.05, 0.1) is 54.1 Å². The molecule has 0 saturated heterocycles. The zero-order chi connectivity index (χ0) is 90.2. The van der Waals surface area contributed by atoms with E-state index in [1.165, 1.54) is 0 Å². The van der Waals surface area contributed by atoms with E-state index in [1.807, 2.05) is 83.1 Å². The average Bonchev–Trinajstić information content (AvgIpc) is 1.25. The standard InChI is InChI=1S/C102H166O20/c1-23-84(4,74(104)114-94(14)46-26-27-47-94)65-86(6,76(106)116-96(16)50-30-31-51-96)67-88(8,78(108)118-98(18)54-34-35-55-98)69-90(10,80(110)120-100(20)58-38-39-59-100)71-92(12,82(112)122-102(22)62-42-43-63-102)72-91(11,81(111)121-101(21)60-40-41-61-101)70-89(9,79(109)119-99(19)56-36-37-57-99)68-87(7,77(107)117-97(17)52-32-33-53-97)66-85(5,75(105)115-95(15)48-28-29-49-95)64-83(2,3)73(103)113-93(13)44-24-25-45-93/h23-72H2,1-22H3. The molecule has 9 atom stereocenters. The maximum Gasteiger partial charge on any atom is 0.312 e. The van der Waals surface area contributed by atoms with E-state index in [0.29, 0.717) is 128 Å². The molecule has 10 aliphatic rings. The van der Waals surface area contributed by atoms with Crippen LogP contribution in [0, 0.1) is 54.1 Å². The number of hydrogen-bond acceptors (Lipinski definition) is 20. The summed E-state index contributed by atoms with van der Waals surface area (Å²) in [6, 6.07) is 0. The number of hydrogen-bond donors (Lipinski definition) is 0. The van der Waals surface area contributed by atoms with E-state index >= 15 is 47.9 Å². The SMILES string of the molecule is CCC(C)(CC(C)(CC(C)(CC(C)(CC(C)(CC(C)(CC(C)(CC(C)(CC(C)(CC(C)(C)C(=O)OC1(C)CCCC1)C(=O)OC1(C)CCCC1)C(=O)OC1(C)CCCC1)C(=O)OC1(C)CCCC1)C(=O)OC1(C)CCCC1)C(=O)OC1(C)CCCC1)C(=O)OC1(C)CCCC1)C(=O)OC1(C)CCCC1)C(=O)OC1(C)CCCC1)C(=O)OC1(C)CCCC1. The van der Waals surface area contributed by atoms with Crippen molar-refractivity contribution in [2.24, 2.45) is 54.1 Å². The minimum atomic E-state index is -1.97. The number of esters is 10. The van der Waals surface area contributed by atoms with Gasteiger partial charge in [0.25, 0.3) is 0 Å². The number of rotatable bonds is 39. The minimum absolute atomic E-state index is 0.104. The van der Waals surface area contributed by atoms with Gasteiger partial charge in [0.2, 0.25) is 0 Å². The molecule has 0 amide bonds. The first kappa shape index (κ1) is 98.9. The molecular weight excluding hydrogens is 1550 g/mol. The highest BCUT2D eigenvalue weighted by molar-refractivity contribution is 5.89. The summed E-state index contributed by atoms with van der Waals surface area (Å²) in [6.07, 6.45) is 25.3. The van der Waals surface area contributed by atoms with Gasteiger partial charge in [-0.15, -0.1) is 0 Å². The first-order valence-electron chi connectivity index (χ1n) is 48.6.